The van der Waals surface area contributed by atoms with Gasteiger partial charge in [0.1, 0.15) is 0 Å². The topological polar surface area (TPSA) is 24.5 Å². The molecule has 2 saturated heterocycles. The molecule has 0 spiro atoms. The lowest BCUT2D eigenvalue weighted by molar-refractivity contribution is -0.0616. The summed E-state index contributed by atoms with van der Waals surface area (Å²) in [6, 6.07) is 0.639. The monoisotopic (exact) mass is 156 g/mol. The van der Waals surface area contributed by atoms with Crippen molar-refractivity contribution >= 4 is 0 Å². The third-order valence-corrected chi connectivity index (χ3v) is 2.54. The number of fused-ring (bicyclic) bond motifs is 1. The lowest BCUT2D eigenvalue weighted by Gasteiger charge is -2.41. The smallest absolute Gasteiger partial charge is 0.0674 e. The molecule has 0 radical (unpaired) electrons. The van der Waals surface area contributed by atoms with Crippen molar-refractivity contribution in [3.63, 3.8) is 0 Å². The van der Waals surface area contributed by atoms with E-state index in [0.717, 1.165) is 26.2 Å². The largest absolute Gasteiger partial charge is 0.376 e. The first-order valence-corrected chi connectivity index (χ1v) is 4.42. The van der Waals surface area contributed by atoms with E-state index in [1.165, 1.54) is 6.54 Å². The molecule has 0 aliphatic carbocycles. The fourth-order valence-corrected chi connectivity index (χ4v) is 1.87. The lowest BCUT2D eigenvalue weighted by atomic mass is 10.1. The summed E-state index contributed by atoms with van der Waals surface area (Å²) < 4.78 is 5.57. The van der Waals surface area contributed by atoms with Crippen LogP contribution in [0.5, 0.6) is 0 Å². The van der Waals surface area contributed by atoms with Crippen LogP contribution in [-0.2, 0) is 4.74 Å². The Morgan fingerprint density at radius 3 is 3.36 bits per heavy atom. The van der Waals surface area contributed by atoms with Gasteiger partial charge in [0.15, 0.2) is 0 Å². The van der Waals surface area contributed by atoms with E-state index in [-0.39, 0.29) is 0 Å². The van der Waals surface area contributed by atoms with Crippen molar-refractivity contribution in [2.24, 2.45) is 0 Å². The van der Waals surface area contributed by atoms with Crippen LogP contribution >= 0.6 is 0 Å². The second kappa shape index (κ2) is 3.09. The number of rotatable bonds is 0. The second-order valence-corrected chi connectivity index (χ2v) is 3.50. The molecule has 2 heterocycles. The highest BCUT2D eigenvalue weighted by Gasteiger charge is 2.28. The van der Waals surface area contributed by atoms with E-state index in [9.17, 15) is 0 Å². The van der Waals surface area contributed by atoms with Crippen molar-refractivity contribution in [1.29, 1.82) is 0 Å². The van der Waals surface area contributed by atoms with Gasteiger partial charge in [0.2, 0.25) is 0 Å². The number of nitrogens with one attached hydrogen (secondary N) is 1. The molecule has 11 heavy (non-hydrogen) atoms. The molecule has 0 unspecified atom stereocenters. The highest BCUT2D eigenvalue weighted by atomic mass is 16.5. The van der Waals surface area contributed by atoms with Crippen LogP contribution in [0.15, 0.2) is 0 Å². The first kappa shape index (κ1) is 7.53. The number of piperazine rings is 1. The van der Waals surface area contributed by atoms with Crippen molar-refractivity contribution in [1.82, 2.24) is 10.2 Å². The van der Waals surface area contributed by atoms with Gasteiger partial charge < -0.3 is 10.1 Å². The third kappa shape index (κ3) is 1.55. The predicted octanol–water partition coefficient (Wildman–Crippen LogP) is -0.321. The summed E-state index contributed by atoms with van der Waals surface area (Å²) in [5.41, 5.74) is 0. The summed E-state index contributed by atoms with van der Waals surface area (Å²) in [6.45, 7) is 7.62. The molecule has 1 N–H and O–H groups in total. The van der Waals surface area contributed by atoms with Gasteiger partial charge >= 0.3 is 0 Å². The standard InChI is InChI=1S/C8H16N2O/c1-7-5-10-3-2-9-4-8(10)6-11-7/h7-9H,2-6H2,1H3/t7-,8+/m1/s1. The van der Waals surface area contributed by atoms with Crippen molar-refractivity contribution < 1.29 is 4.74 Å². The maximum Gasteiger partial charge on any atom is 0.0674 e. The summed E-state index contributed by atoms with van der Waals surface area (Å²) in [7, 11) is 0. The number of hydrogen-bond donors (Lipinski definition) is 1. The van der Waals surface area contributed by atoms with E-state index < -0.39 is 0 Å². The normalized spacial score (nSPS) is 40.1. The number of hydrogen-bond acceptors (Lipinski definition) is 3. The summed E-state index contributed by atoms with van der Waals surface area (Å²) in [5.74, 6) is 0. The Kier molecular flexibility index (Phi) is 2.11. The van der Waals surface area contributed by atoms with Gasteiger partial charge in [0, 0.05) is 32.2 Å². The van der Waals surface area contributed by atoms with Crippen molar-refractivity contribution in [2.75, 3.05) is 32.8 Å². The van der Waals surface area contributed by atoms with Crippen molar-refractivity contribution in [3.8, 4) is 0 Å². The number of morpholine rings is 1. The Morgan fingerprint density at radius 2 is 2.45 bits per heavy atom. The Balaban J connectivity index is 1.93. The molecule has 2 aliphatic heterocycles. The minimum absolute atomic E-state index is 0.435. The molecule has 0 aromatic heterocycles. The SMILES string of the molecule is C[C@@H]1CN2CCNC[C@H]2CO1. The Bertz CT molecular complexity index is 140. The van der Waals surface area contributed by atoms with Gasteiger partial charge in [-0.15, -0.1) is 0 Å². The summed E-state index contributed by atoms with van der Waals surface area (Å²) in [4.78, 5) is 2.53. The molecule has 3 heteroatoms. The Labute approximate surface area is 67.7 Å². The molecule has 64 valence electrons. The molecular formula is C8H16N2O. The molecule has 2 fully saturated rings. The zero-order valence-electron chi connectivity index (χ0n) is 7.05. The maximum absolute atomic E-state index is 5.57. The molecule has 2 rings (SSSR count). The number of ether oxygens (including phenoxy) is 1. The predicted molar refractivity (Wildman–Crippen MR) is 43.6 cm³/mol. The first-order valence-electron chi connectivity index (χ1n) is 4.42. The van der Waals surface area contributed by atoms with Gasteiger partial charge in [-0.25, -0.2) is 0 Å². The molecule has 0 bridgehead atoms. The summed E-state index contributed by atoms with van der Waals surface area (Å²) in [5, 5.41) is 3.38. The quantitative estimate of drug-likeness (QED) is 0.520. The van der Waals surface area contributed by atoms with Crippen LogP contribution in [-0.4, -0.2) is 49.8 Å². The van der Waals surface area contributed by atoms with Crippen LogP contribution in [0.4, 0.5) is 0 Å². The van der Waals surface area contributed by atoms with Gasteiger partial charge in [0.05, 0.1) is 12.7 Å². The molecular weight excluding hydrogens is 140 g/mol. The van der Waals surface area contributed by atoms with E-state index in [4.69, 9.17) is 4.74 Å². The van der Waals surface area contributed by atoms with E-state index >= 15 is 0 Å². The van der Waals surface area contributed by atoms with E-state index in [0.29, 0.717) is 12.1 Å². The first-order chi connectivity index (χ1) is 5.36. The molecule has 0 amide bonds. The number of nitrogens with zero attached hydrogens (tertiary/aromatic N) is 1. The van der Waals surface area contributed by atoms with Gasteiger partial charge in [-0.2, -0.15) is 0 Å². The van der Waals surface area contributed by atoms with Crippen LogP contribution in [0.2, 0.25) is 0 Å². The minimum atomic E-state index is 0.435. The maximum atomic E-state index is 5.57. The lowest BCUT2D eigenvalue weighted by Crippen LogP contribution is -2.58. The summed E-state index contributed by atoms with van der Waals surface area (Å²) in [6.07, 6.45) is 0.435. The van der Waals surface area contributed by atoms with Gasteiger partial charge in [-0.1, -0.05) is 0 Å². The zero-order chi connectivity index (χ0) is 7.68. The van der Waals surface area contributed by atoms with Crippen LogP contribution in [0.25, 0.3) is 0 Å². The fourth-order valence-electron chi connectivity index (χ4n) is 1.87. The second-order valence-electron chi connectivity index (χ2n) is 3.50. The average molecular weight is 156 g/mol. The van der Waals surface area contributed by atoms with Crippen LogP contribution < -0.4 is 5.32 Å². The molecule has 2 aliphatic rings. The Morgan fingerprint density at radius 1 is 1.55 bits per heavy atom. The highest BCUT2D eigenvalue weighted by molar-refractivity contribution is 4.83. The summed E-state index contributed by atoms with van der Waals surface area (Å²) >= 11 is 0. The zero-order valence-corrected chi connectivity index (χ0v) is 7.05. The van der Waals surface area contributed by atoms with Gasteiger partial charge in [-0.05, 0) is 6.92 Å². The molecule has 0 aromatic rings. The molecule has 3 nitrogen and oxygen atoms in total. The van der Waals surface area contributed by atoms with Crippen LogP contribution in [0.3, 0.4) is 0 Å². The van der Waals surface area contributed by atoms with Gasteiger partial charge in [-0.3, -0.25) is 4.90 Å². The fraction of sp³-hybridized carbons (Fsp3) is 1.00. The average Bonchev–Trinajstić information content (AvgIpc) is 2.04. The van der Waals surface area contributed by atoms with Crippen molar-refractivity contribution in [2.45, 2.75) is 19.1 Å². The van der Waals surface area contributed by atoms with E-state index in [2.05, 4.69) is 17.1 Å². The van der Waals surface area contributed by atoms with E-state index in [1.807, 2.05) is 0 Å². The third-order valence-electron chi connectivity index (χ3n) is 2.54. The van der Waals surface area contributed by atoms with Crippen LogP contribution in [0.1, 0.15) is 6.92 Å². The molecule has 0 saturated carbocycles. The van der Waals surface area contributed by atoms with Gasteiger partial charge in [0.25, 0.3) is 0 Å². The molecule has 0 aromatic carbocycles. The Hall–Kier alpha value is -0.120. The van der Waals surface area contributed by atoms with Crippen LogP contribution in [0, 0.1) is 0 Å². The minimum Gasteiger partial charge on any atom is -0.376 e. The van der Waals surface area contributed by atoms with Crippen molar-refractivity contribution in [3.05, 3.63) is 0 Å². The highest BCUT2D eigenvalue weighted by Crippen LogP contribution is 2.12. The molecule has 2 atom stereocenters. The van der Waals surface area contributed by atoms with E-state index in [1.54, 1.807) is 0 Å².